The maximum absolute atomic E-state index is 13.3. The molecule has 2 fully saturated rings. The Hall–Kier alpha value is -2.50. The van der Waals surface area contributed by atoms with Gasteiger partial charge in [0.05, 0.1) is 17.8 Å². The Kier molecular flexibility index (Phi) is 3.87. The Labute approximate surface area is 166 Å². The molecular weight excluding hydrogens is 356 g/mol. The molecule has 0 unspecified atom stereocenters. The number of nitrogens with zero attached hydrogens (tertiary/aromatic N) is 2. The van der Waals surface area contributed by atoms with E-state index >= 15 is 0 Å². The highest BCUT2D eigenvalue weighted by Crippen LogP contribution is 2.65. The highest BCUT2D eigenvalue weighted by molar-refractivity contribution is 5.97. The molecule has 150 valence electrons. The van der Waals surface area contributed by atoms with Gasteiger partial charge in [-0.15, -0.1) is 0 Å². The molecule has 2 amide bonds. The first kappa shape index (κ1) is 18.8. The molecule has 1 aliphatic carbocycles. The van der Waals surface area contributed by atoms with Crippen LogP contribution in [0.2, 0.25) is 0 Å². The number of carbonyl (C=O) groups excluding carboxylic acids is 2. The zero-order valence-corrected chi connectivity index (χ0v) is 17.5. The monoisotopic (exact) mass is 384 g/mol. The molecule has 3 aliphatic rings. The van der Waals surface area contributed by atoms with Crippen LogP contribution in [0.15, 0.2) is 30.0 Å². The zero-order chi connectivity index (χ0) is 20.5. The molecule has 0 N–H and O–H groups in total. The smallest absolute Gasteiger partial charge is 0.415 e. The number of cyclic esters (lactones) is 1. The van der Waals surface area contributed by atoms with Gasteiger partial charge in [-0.3, -0.25) is 9.80 Å². The number of anilines is 1. The van der Waals surface area contributed by atoms with Crippen LogP contribution < -0.4 is 4.90 Å². The van der Waals surface area contributed by atoms with Crippen LogP contribution in [-0.4, -0.2) is 41.4 Å². The highest BCUT2D eigenvalue weighted by atomic mass is 16.6. The molecule has 28 heavy (non-hydrogen) atoms. The number of rotatable bonds is 1. The van der Waals surface area contributed by atoms with E-state index in [2.05, 4.69) is 26.8 Å². The van der Waals surface area contributed by atoms with Crippen molar-refractivity contribution >= 4 is 17.9 Å². The van der Waals surface area contributed by atoms with Crippen LogP contribution in [0.5, 0.6) is 0 Å². The van der Waals surface area contributed by atoms with Gasteiger partial charge in [-0.2, -0.15) is 0 Å². The van der Waals surface area contributed by atoms with Gasteiger partial charge in [0.1, 0.15) is 12.2 Å². The average Bonchev–Trinajstić information content (AvgIpc) is 3.03. The largest absolute Gasteiger partial charge is 0.447 e. The second-order valence-corrected chi connectivity index (χ2v) is 9.38. The first-order valence-electron chi connectivity index (χ1n) is 9.76. The molecule has 1 aromatic carbocycles. The van der Waals surface area contributed by atoms with Crippen LogP contribution in [0.4, 0.5) is 15.3 Å². The van der Waals surface area contributed by atoms with Crippen molar-refractivity contribution in [2.24, 2.45) is 0 Å². The van der Waals surface area contributed by atoms with Gasteiger partial charge in [-0.25, -0.2) is 9.59 Å². The quantitative estimate of drug-likeness (QED) is 0.715. The van der Waals surface area contributed by atoms with Gasteiger partial charge in [0.25, 0.3) is 0 Å². The summed E-state index contributed by atoms with van der Waals surface area (Å²) in [4.78, 5) is 28.6. The predicted molar refractivity (Wildman–Crippen MR) is 106 cm³/mol. The van der Waals surface area contributed by atoms with Gasteiger partial charge in [0.2, 0.25) is 0 Å². The molecule has 0 bridgehead atoms. The summed E-state index contributed by atoms with van der Waals surface area (Å²) in [7, 11) is 0. The van der Waals surface area contributed by atoms with Gasteiger partial charge >= 0.3 is 12.2 Å². The Balaban J connectivity index is 1.81. The maximum atomic E-state index is 13.3. The summed E-state index contributed by atoms with van der Waals surface area (Å²) >= 11 is 0. The first-order valence-corrected chi connectivity index (χ1v) is 9.76. The normalized spacial score (nSPS) is 30.1. The number of hydrogen-bond acceptors (Lipinski definition) is 4. The Morgan fingerprint density at radius 1 is 1.29 bits per heavy atom. The summed E-state index contributed by atoms with van der Waals surface area (Å²) in [6.45, 7) is 12.9. The molecule has 2 aliphatic heterocycles. The van der Waals surface area contributed by atoms with Crippen LogP contribution in [0, 0.1) is 6.92 Å². The van der Waals surface area contributed by atoms with E-state index in [1.54, 1.807) is 9.80 Å². The number of benzene rings is 1. The molecule has 2 heterocycles. The molecule has 6 nitrogen and oxygen atoms in total. The number of ether oxygens (including phenoxy) is 2. The summed E-state index contributed by atoms with van der Waals surface area (Å²) in [6.07, 6.45) is 1.95. The van der Waals surface area contributed by atoms with E-state index in [4.69, 9.17) is 9.47 Å². The fraction of sp³-hybridized carbons (Fsp3) is 0.545. The fourth-order valence-electron chi connectivity index (χ4n) is 4.72. The third-order valence-corrected chi connectivity index (χ3v) is 6.36. The molecule has 1 saturated heterocycles. The van der Waals surface area contributed by atoms with Crippen LogP contribution >= 0.6 is 0 Å². The number of hydrogen-bond donors (Lipinski definition) is 0. The molecule has 4 rings (SSSR count). The van der Waals surface area contributed by atoms with Crippen molar-refractivity contribution in [2.75, 3.05) is 18.1 Å². The molecule has 0 aromatic heterocycles. The van der Waals surface area contributed by atoms with E-state index in [1.165, 1.54) is 0 Å². The summed E-state index contributed by atoms with van der Waals surface area (Å²) in [5.74, 6) is 0. The third-order valence-electron chi connectivity index (χ3n) is 6.36. The minimum atomic E-state index is -0.594. The van der Waals surface area contributed by atoms with Crippen LogP contribution in [0.25, 0.3) is 0 Å². The van der Waals surface area contributed by atoms with Gasteiger partial charge in [0.15, 0.2) is 0 Å². The van der Waals surface area contributed by atoms with Crippen molar-refractivity contribution in [1.82, 2.24) is 4.90 Å². The number of amides is 2. The third kappa shape index (κ3) is 2.46. The lowest BCUT2D eigenvalue weighted by molar-refractivity contribution is 0.0504. The van der Waals surface area contributed by atoms with Crippen molar-refractivity contribution in [2.45, 2.75) is 64.5 Å². The maximum Gasteiger partial charge on any atom is 0.415 e. The molecule has 0 spiro atoms. The highest BCUT2D eigenvalue weighted by Gasteiger charge is 2.68. The molecule has 0 radical (unpaired) electrons. The van der Waals surface area contributed by atoms with E-state index in [0.717, 1.165) is 28.8 Å². The summed E-state index contributed by atoms with van der Waals surface area (Å²) < 4.78 is 10.8. The van der Waals surface area contributed by atoms with Gasteiger partial charge in [-0.1, -0.05) is 24.6 Å². The second-order valence-electron chi connectivity index (χ2n) is 9.38. The van der Waals surface area contributed by atoms with Gasteiger partial charge in [0, 0.05) is 11.6 Å². The van der Waals surface area contributed by atoms with E-state index in [0.29, 0.717) is 13.2 Å². The van der Waals surface area contributed by atoms with Gasteiger partial charge < -0.3 is 9.47 Å². The number of carbonyl (C=O) groups is 2. The molecular formula is C22H28N2O4. The average molecular weight is 384 g/mol. The standard InChI is InChI=1S/C22H28N2O4/c1-14-7-8-17-16(11-14)21(5)12-15(13-23-9-10-27-18(23)25)22(21,6)24(17)19(26)28-20(2,3)4/h7-8,11,13H,9-10,12H2,1-6H3/b15-13-/t21-,22-/m1/s1. The molecule has 1 saturated carbocycles. The van der Waals surface area contributed by atoms with Gasteiger partial charge in [-0.05, 0) is 58.2 Å². The molecule has 6 heteroatoms. The van der Waals surface area contributed by atoms with Crippen molar-refractivity contribution in [1.29, 1.82) is 0 Å². The van der Waals surface area contributed by atoms with E-state index in [-0.39, 0.29) is 17.6 Å². The lowest BCUT2D eigenvalue weighted by Gasteiger charge is -2.57. The fourth-order valence-corrected chi connectivity index (χ4v) is 4.72. The topological polar surface area (TPSA) is 59.1 Å². The van der Waals surface area contributed by atoms with E-state index in [1.807, 2.05) is 39.1 Å². The second kappa shape index (κ2) is 5.75. The minimum absolute atomic E-state index is 0.235. The van der Waals surface area contributed by atoms with Crippen LogP contribution in [0.3, 0.4) is 0 Å². The lowest BCUT2D eigenvalue weighted by atomic mass is 9.52. The van der Waals surface area contributed by atoms with Crippen LogP contribution in [-0.2, 0) is 14.9 Å². The van der Waals surface area contributed by atoms with Crippen molar-refractivity contribution < 1.29 is 19.1 Å². The molecule has 2 atom stereocenters. The van der Waals surface area contributed by atoms with Crippen LogP contribution in [0.1, 0.15) is 52.2 Å². The summed E-state index contributed by atoms with van der Waals surface area (Å²) in [6, 6.07) is 6.19. The van der Waals surface area contributed by atoms with Crippen molar-refractivity contribution in [3.05, 3.63) is 41.1 Å². The van der Waals surface area contributed by atoms with Crippen molar-refractivity contribution in [3.63, 3.8) is 0 Å². The van der Waals surface area contributed by atoms with Crippen molar-refractivity contribution in [3.8, 4) is 0 Å². The Morgan fingerprint density at radius 2 is 2.00 bits per heavy atom. The Morgan fingerprint density at radius 3 is 2.61 bits per heavy atom. The lowest BCUT2D eigenvalue weighted by Crippen LogP contribution is -2.66. The molecule has 1 aromatic rings. The SMILES string of the molecule is Cc1ccc2c(c1)[C@@]1(C)C/C(=C/N3CCOC3=O)[C@@]1(C)N2C(=O)OC(C)(C)C. The minimum Gasteiger partial charge on any atom is -0.447 e. The summed E-state index contributed by atoms with van der Waals surface area (Å²) in [5.41, 5.74) is 2.82. The predicted octanol–water partition coefficient (Wildman–Crippen LogP) is 4.51. The number of fused-ring (bicyclic) bond motifs is 3. The van der Waals surface area contributed by atoms with E-state index < -0.39 is 11.1 Å². The zero-order valence-electron chi connectivity index (χ0n) is 17.5. The van der Waals surface area contributed by atoms with E-state index in [9.17, 15) is 9.59 Å². The first-order chi connectivity index (χ1) is 13.0. The summed E-state index contributed by atoms with van der Waals surface area (Å²) in [5, 5.41) is 0. The Bertz CT molecular complexity index is 900. The number of aryl methyl sites for hydroxylation is 1.